The van der Waals surface area contributed by atoms with Crippen molar-refractivity contribution in [2.24, 2.45) is 5.73 Å². The number of nitrogens with two attached hydrogens (primary N) is 1. The number of carbonyl (C=O) groups excluding carboxylic acids is 1. The Bertz CT molecular complexity index is 471. The molecule has 108 valence electrons. The molecule has 1 aromatic rings. The summed E-state index contributed by atoms with van der Waals surface area (Å²) < 4.78 is 0. The molecule has 1 aromatic heterocycles. The molecule has 0 aromatic carbocycles. The quantitative estimate of drug-likeness (QED) is 0.836. The maximum absolute atomic E-state index is 12.3. The number of pyridine rings is 1. The number of nitrogens with zero attached hydrogens (tertiary/aromatic N) is 3. The number of piperazine rings is 1. The SMILES string of the molecule is CCC(C(N)=S)N1CCN(C(=O)c2ccncc2)CC1. The van der Waals surface area contributed by atoms with Crippen LogP contribution in [-0.4, -0.2) is 57.9 Å². The van der Waals surface area contributed by atoms with Gasteiger partial charge in [0.2, 0.25) is 0 Å². The van der Waals surface area contributed by atoms with Crippen molar-refractivity contribution in [3.63, 3.8) is 0 Å². The Morgan fingerprint density at radius 3 is 2.45 bits per heavy atom. The maximum Gasteiger partial charge on any atom is 0.254 e. The van der Waals surface area contributed by atoms with Gasteiger partial charge in [0.25, 0.3) is 5.91 Å². The summed E-state index contributed by atoms with van der Waals surface area (Å²) in [6.45, 7) is 5.12. The Labute approximate surface area is 124 Å². The zero-order chi connectivity index (χ0) is 14.5. The second-order valence-electron chi connectivity index (χ2n) is 4.89. The van der Waals surface area contributed by atoms with Crippen LogP contribution in [0.25, 0.3) is 0 Å². The first-order valence-corrected chi connectivity index (χ1v) is 7.27. The molecule has 0 aliphatic carbocycles. The molecule has 0 spiro atoms. The highest BCUT2D eigenvalue weighted by atomic mass is 32.1. The van der Waals surface area contributed by atoms with Crippen LogP contribution in [0.5, 0.6) is 0 Å². The van der Waals surface area contributed by atoms with Gasteiger partial charge >= 0.3 is 0 Å². The summed E-state index contributed by atoms with van der Waals surface area (Å²) >= 11 is 5.10. The van der Waals surface area contributed by atoms with E-state index in [-0.39, 0.29) is 11.9 Å². The van der Waals surface area contributed by atoms with Crippen molar-refractivity contribution in [1.82, 2.24) is 14.8 Å². The van der Waals surface area contributed by atoms with Crippen molar-refractivity contribution in [3.8, 4) is 0 Å². The van der Waals surface area contributed by atoms with Crippen molar-refractivity contribution in [2.45, 2.75) is 19.4 Å². The van der Waals surface area contributed by atoms with Gasteiger partial charge in [0.15, 0.2) is 0 Å². The molecule has 1 amide bonds. The monoisotopic (exact) mass is 292 g/mol. The van der Waals surface area contributed by atoms with Gasteiger partial charge < -0.3 is 10.6 Å². The topological polar surface area (TPSA) is 62.5 Å². The minimum atomic E-state index is 0.0652. The van der Waals surface area contributed by atoms with E-state index in [9.17, 15) is 4.79 Å². The molecule has 20 heavy (non-hydrogen) atoms. The van der Waals surface area contributed by atoms with Crippen LogP contribution >= 0.6 is 12.2 Å². The molecule has 2 heterocycles. The summed E-state index contributed by atoms with van der Waals surface area (Å²) in [4.78, 5) is 20.9. The number of rotatable bonds is 4. The summed E-state index contributed by atoms with van der Waals surface area (Å²) in [6.07, 6.45) is 4.19. The second kappa shape index (κ2) is 6.76. The van der Waals surface area contributed by atoms with Crippen LogP contribution < -0.4 is 5.73 Å². The molecular formula is C14H20N4OS. The molecule has 2 N–H and O–H groups in total. The summed E-state index contributed by atoms with van der Waals surface area (Å²) in [7, 11) is 0. The van der Waals surface area contributed by atoms with Crippen molar-refractivity contribution < 1.29 is 4.79 Å². The average Bonchev–Trinajstić information content (AvgIpc) is 2.48. The Balaban J connectivity index is 1.94. The van der Waals surface area contributed by atoms with E-state index < -0.39 is 0 Å². The first-order chi connectivity index (χ1) is 9.63. The van der Waals surface area contributed by atoms with Gasteiger partial charge in [-0.2, -0.15) is 0 Å². The van der Waals surface area contributed by atoms with E-state index in [2.05, 4.69) is 16.8 Å². The molecule has 1 aliphatic heterocycles. The minimum absolute atomic E-state index is 0.0652. The third kappa shape index (κ3) is 3.32. The normalized spacial score (nSPS) is 17.8. The second-order valence-corrected chi connectivity index (χ2v) is 5.36. The third-order valence-electron chi connectivity index (χ3n) is 3.68. The number of thiocarbonyl (C=S) groups is 1. The van der Waals surface area contributed by atoms with Crippen molar-refractivity contribution >= 4 is 23.1 Å². The lowest BCUT2D eigenvalue weighted by Crippen LogP contribution is -2.54. The van der Waals surface area contributed by atoms with Crippen molar-refractivity contribution in [1.29, 1.82) is 0 Å². The Morgan fingerprint density at radius 2 is 1.95 bits per heavy atom. The molecule has 6 heteroatoms. The van der Waals surface area contributed by atoms with E-state index in [4.69, 9.17) is 18.0 Å². The highest BCUT2D eigenvalue weighted by Crippen LogP contribution is 2.12. The zero-order valence-electron chi connectivity index (χ0n) is 11.7. The number of carbonyl (C=O) groups is 1. The van der Waals surface area contributed by atoms with E-state index in [0.29, 0.717) is 23.6 Å². The van der Waals surface area contributed by atoms with Gasteiger partial charge in [-0.15, -0.1) is 0 Å². The minimum Gasteiger partial charge on any atom is -0.392 e. The first-order valence-electron chi connectivity index (χ1n) is 6.86. The van der Waals surface area contributed by atoms with E-state index in [1.807, 2.05) is 4.90 Å². The van der Waals surface area contributed by atoms with Crippen molar-refractivity contribution in [2.75, 3.05) is 26.2 Å². The maximum atomic E-state index is 12.3. The molecule has 1 saturated heterocycles. The Kier molecular flexibility index (Phi) is 5.03. The van der Waals surface area contributed by atoms with Crippen LogP contribution in [0, 0.1) is 0 Å². The molecule has 1 aliphatic rings. The summed E-state index contributed by atoms with van der Waals surface area (Å²) in [6, 6.07) is 3.64. The van der Waals surface area contributed by atoms with Gasteiger partial charge in [0.05, 0.1) is 11.0 Å². The molecule has 1 fully saturated rings. The Morgan fingerprint density at radius 1 is 1.35 bits per heavy atom. The fourth-order valence-corrected chi connectivity index (χ4v) is 2.87. The predicted molar refractivity (Wildman–Crippen MR) is 82.6 cm³/mol. The zero-order valence-corrected chi connectivity index (χ0v) is 12.5. The van der Waals surface area contributed by atoms with E-state index in [1.165, 1.54) is 0 Å². The number of hydrogen-bond acceptors (Lipinski definition) is 4. The van der Waals surface area contributed by atoms with Gasteiger partial charge in [-0.05, 0) is 18.6 Å². The summed E-state index contributed by atoms with van der Waals surface area (Å²) in [5, 5.41) is 0. The van der Waals surface area contributed by atoms with Gasteiger partial charge in [0.1, 0.15) is 0 Å². The molecule has 1 unspecified atom stereocenters. The van der Waals surface area contributed by atoms with E-state index in [0.717, 1.165) is 19.5 Å². The molecule has 5 nitrogen and oxygen atoms in total. The average molecular weight is 292 g/mol. The highest BCUT2D eigenvalue weighted by Gasteiger charge is 2.26. The standard InChI is InChI=1S/C14H20N4OS/c1-2-12(13(15)20)17-7-9-18(10-8-17)14(19)11-3-5-16-6-4-11/h3-6,12H,2,7-10H2,1H3,(H2,15,20). The van der Waals surface area contributed by atoms with Gasteiger partial charge in [0, 0.05) is 44.1 Å². The molecule has 0 radical (unpaired) electrons. The number of amides is 1. The lowest BCUT2D eigenvalue weighted by atomic mass is 10.1. The third-order valence-corrected chi connectivity index (χ3v) is 3.96. The van der Waals surface area contributed by atoms with Crippen LogP contribution in [-0.2, 0) is 0 Å². The molecule has 2 rings (SSSR count). The number of hydrogen-bond donors (Lipinski definition) is 1. The van der Waals surface area contributed by atoms with E-state index >= 15 is 0 Å². The fourth-order valence-electron chi connectivity index (χ4n) is 2.55. The van der Waals surface area contributed by atoms with Crippen LogP contribution in [0.15, 0.2) is 24.5 Å². The molecular weight excluding hydrogens is 272 g/mol. The van der Waals surface area contributed by atoms with Crippen LogP contribution in [0.3, 0.4) is 0 Å². The lowest BCUT2D eigenvalue weighted by molar-refractivity contribution is 0.0611. The smallest absolute Gasteiger partial charge is 0.254 e. The summed E-state index contributed by atoms with van der Waals surface area (Å²) in [5.41, 5.74) is 6.46. The molecule has 0 saturated carbocycles. The Hall–Kier alpha value is -1.53. The van der Waals surface area contributed by atoms with Gasteiger partial charge in [-0.3, -0.25) is 14.7 Å². The van der Waals surface area contributed by atoms with Gasteiger partial charge in [-0.25, -0.2) is 0 Å². The predicted octanol–water partition coefficient (Wildman–Crippen LogP) is 0.904. The number of aromatic nitrogens is 1. The molecule has 1 atom stereocenters. The van der Waals surface area contributed by atoms with E-state index in [1.54, 1.807) is 24.5 Å². The van der Waals surface area contributed by atoms with Crippen LogP contribution in [0.2, 0.25) is 0 Å². The molecule has 0 bridgehead atoms. The van der Waals surface area contributed by atoms with Crippen LogP contribution in [0.1, 0.15) is 23.7 Å². The summed E-state index contributed by atoms with van der Waals surface area (Å²) in [5.74, 6) is 0.0652. The van der Waals surface area contributed by atoms with Gasteiger partial charge in [-0.1, -0.05) is 19.1 Å². The largest absolute Gasteiger partial charge is 0.392 e. The highest BCUT2D eigenvalue weighted by molar-refractivity contribution is 7.80. The first kappa shape index (κ1) is 14.9. The fraction of sp³-hybridized carbons (Fsp3) is 0.500. The van der Waals surface area contributed by atoms with Crippen LogP contribution in [0.4, 0.5) is 0 Å². The van der Waals surface area contributed by atoms with Crippen molar-refractivity contribution in [3.05, 3.63) is 30.1 Å². The lowest BCUT2D eigenvalue weighted by Gasteiger charge is -2.38.